The van der Waals surface area contributed by atoms with E-state index in [0.29, 0.717) is 11.7 Å². The number of benzene rings is 1. The van der Waals surface area contributed by atoms with Crippen LogP contribution in [0, 0.1) is 5.92 Å². The van der Waals surface area contributed by atoms with Gasteiger partial charge in [-0.1, -0.05) is 6.92 Å². The van der Waals surface area contributed by atoms with Gasteiger partial charge in [0.25, 0.3) is 5.56 Å². The normalized spacial score (nSPS) is 17.2. The molecule has 1 aliphatic rings. The van der Waals surface area contributed by atoms with Gasteiger partial charge in [-0.3, -0.25) is 4.79 Å². The van der Waals surface area contributed by atoms with Gasteiger partial charge in [0.05, 0.1) is 12.5 Å². The predicted octanol–water partition coefficient (Wildman–Crippen LogP) is 3.79. The number of methoxy groups -OCH3 is 1. The fourth-order valence-corrected chi connectivity index (χ4v) is 4.46. The van der Waals surface area contributed by atoms with Crippen molar-refractivity contribution >= 4 is 21.6 Å². The number of thiophene rings is 1. The highest BCUT2D eigenvalue weighted by Crippen LogP contribution is 2.36. The number of hydrogen-bond acceptors (Lipinski definition) is 4. The number of H-pyrrole nitrogens is 1. The third-order valence-corrected chi connectivity index (χ3v) is 5.71. The molecule has 118 valence electrons. The Balaban J connectivity index is 1.85. The second-order valence-corrected chi connectivity index (χ2v) is 7.26. The Labute approximate surface area is 138 Å². The van der Waals surface area contributed by atoms with Crippen LogP contribution in [0.2, 0.25) is 0 Å². The number of aromatic amines is 1. The third kappa shape index (κ3) is 2.45. The summed E-state index contributed by atoms with van der Waals surface area (Å²) >= 11 is 1.68. The van der Waals surface area contributed by atoms with Crippen molar-refractivity contribution in [3.05, 3.63) is 45.1 Å². The lowest BCUT2D eigenvalue weighted by atomic mass is 9.89. The summed E-state index contributed by atoms with van der Waals surface area (Å²) in [5.74, 6) is 2.05. The van der Waals surface area contributed by atoms with E-state index in [2.05, 4.69) is 11.9 Å². The number of aryl methyl sites for hydroxylation is 1. The average molecular weight is 326 g/mol. The standard InChI is InChI=1S/C18H18N2O2S/c1-10-3-8-14-13(9-10)15-17(21)19-16(20-18(15)23-14)11-4-6-12(22-2)7-5-11/h4-7,10H,3,8-9H2,1-2H3,(H,19,20,21). The van der Waals surface area contributed by atoms with E-state index in [0.717, 1.165) is 34.4 Å². The highest BCUT2D eigenvalue weighted by Gasteiger charge is 2.23. The SMILES string of the molecule is COc1ccc(-c2nc3sc4c(c3c(=O)[nH]2)CC(C)CC4)cc1. The second kappa shape index (κ2) is 5.49. The van der Waals surface area contributed by atoms with Crippen LogP contribution in [0.25, 0.3) is 21.6 Å². The van der Waals surface area contributed by atoms with Crippen molar-refractivity contribution in [2.45, 2.75) is 26.2 Å². The van der Waals surface area contributed by atoms with Crippen LogP contribution in [0.15, 0.2) is 29.1 Å². The molecule has 1 unspecified atom stereocenters. The molecule has 0 bridgehead atoms. The molecule has 1 aromatic carbocycles. The molecule has 5 heteroatoms. The lowest BCUT2D eigenvalue weighted by molar-refractivity contribution is 0.415. The van der Waals surface area contributed by atoms with Crippen LogP contribution < -0.4 is 10.3 Å². The molecule has 0 fully saturated rings. The number of hydrogen-bond donors (Lipinski definition) is 1. The van der Waals surface area contributed by atoms with Gasteiger partial charge < -0.3 is 9.72 Å². The van der Waals surface area contributed by atoms with Crippen molar-refractivity contribution in [3.8, 4) is 17.1 Å². The van der Waals surface area contributed by atoms with Crippen molar-refractivity contribution in [2.75, 3.05) is 7.11 Å². The number of rotatable bonds is 2. The number of aromatic nitrogens is 2. The Bertz CT molecular complexity index is 925. The zero-order chi connectivity index (χ0) is 16.0. The van der Waals surface area contributed by atoms with Gasteiger partial charge in [0.1, 0.15) is 16.4 Å². The molecular formula is C18H18N2O2S. The first-order valence-corrected chi connectivity index (χ1v) is 8.66. The largest absolute Gasteiger partial charge is 0.497 e. The molecule has 2 aromatic heterocycles. The molecule has 3 aromatic rings. The van der Waals surface area contributed by atoms with E-state index in [-0.39, 0.29) is 5.56 Å². The lowest BCUT2D eigenvalue weighted by Gasteiger charge is -2.17. The van der Waals surface area contributed by atoms with E-state index in [1.54, 1.807) is 18.4 Å². The summed E-state index contributed by atoms with van der Waals surface area (Å²) in [5.41, 5.74) is 2.09. The predicted molar refractivity (Wildman–Crippen MR) is 93.4 cm³/mol. The Morgan fingerprint density at radius 3 is 2.83 bits per heavy atom. The molecule has 23 heavy (non-hydrogen) atoms. The fraction of sp³-hybridized carbons (Fsp3) is 0.333. The number of fused-ring (bicyclic) bond motifs is 3. The van der Waals surface area contributed by atoms with Gasteiger partial charge in [0, 0.05) is 10.4 Å². The quantitative estimate of drug-likeness (QED) is 0.779. The Morgan fingerprint density at radius 2 is 2.09 bits per heavy atom. The fourth-order valence-electron chi connectivity index (χ4n) is 3.24. The van der Waals surface area contributed by atoms with Crippen molar-refractivity contribution in [1.29, 1.82) is 0 Å². The van der Waals surface area contributed by atoms with Crippen molar-refractivity contribution in [1.82, 2.24) is 9.97 Å². The van der Waals surface area contributed by atoms with E-state index in [9.17, 15) is 4.79 Å². The number of ether oxygens (including phenoxy) is 1. The minimum absolute atomic E-state index is 0.0209. The number of nitrogens with one attached hydrogen (secondary N) is 1. The molecule has 0 amide bonds. The van der Waals surface area contributed by atoms with E-state index in [1.807, 2.05) is 24.3 Å². The smallest absolute Gasteiger partial charge is 0.260 e. The maximum atomic E-state index is 12.6. The molecule has 0 saturated heterocycles. The summed E-state index contributed by atoms with van der Waals surface area (Å²) in [5, 5.41) is 0.800. The minimum atomic E-state index is -0.0209. The van der Waals surface area contributed by atoms with Crippen LogP contribution in [-0.4, -0.2) is 17.1 Å². The molecule has 1 atom stereocenters. The van der Waals surface area contributed by atoms with Crippen LogP contribution >= 0.6 is 11.3 Å². The van der Waals surface area contributed by atoms with Crippen LogP contribution in [0.1, 0.15) is 23.8 Å². The van der Waals surface area contributed by atoms with Crippen molar-refractivity contribution in [2.24, 2.45) is 5.92 Å². The highest BCUT2D eigenvalue weighted by atomic mass is 32.1. The van der Waals surface area contributed by atoms with Gasteiger partial charge in [-0.05, 0) is 55.0 Å². The molecule has 0 saturated carbocycles. The first kappa shape index (κ1) is 14.5. The molecule has 4 rings (SSSR count). The maximum absolute atomic E-state index is 12.6. The Morgan fingerprint density at radius 1 is 1.30 bits per heavy atom. The summed E-state index contributed by atoms with van der Waals surface area (Å²) in [7, 11) is 1.64. The third-order valence-electron chi connectivity index (χ3n) is 4.52. The molecular weight excluding hydrogens is 308 g/mol. The molecule has 1 aliphatic carbocycles. The molecule has 1 N–H and O–H groups in total. The molecule has 0 spiro atoms. The topological polar surface area (TPSA) is 55.0 Å². The van der Waals surface area contributed by atoms with E-state index in [4.69, 9.17) is 9.72 Å². The van der Waals surface area contributed by atoms with E-state index in [1.165, 1.54) is 16.9 Å². The van der Waals surface area contributed by atoms with Gasteiger partial charge in [-0.2, -0.15) is 0 Å². The van der Waals surface area contributed by atoms with Crippen molar-refractivity contribution < 1.29 is 4.74 Å². The summed E-state index contributed by atoms with van der Waals surface area (Å²) in [6.45, 7) is 2.25. The van der Waals surface area contributed by atoms with E-state index >= 15 is 0 Å². The lowest BCUT2D eigenvalue weighted by Crippen LogP contribution is -2.14. The van der Waals surface area contributed by atoms with E-state index < -0.39 is 0 Å². The van der Waals surface area contributed by atoms with Crippen LogP contribution in [0.4, 0.5) is 0 Å². The summed E-state index contributed by atoms with van der Waals surface area (Å²) in [4.78, 5) is 22.5. The van der Waals surface area contributed by atoms with Gasteiger partial charge in [0.15, 0.2) is 0 Å². The first-order valence-electron chi connectivity index (χ1n) is 7.84. The monoisotopic (exact) mass is 326 g/mol. The van der Waals surface area contributed by atoms with Crippen LogP contribution in [-0.2, 0) is 12.8 Å². The van der Waals surface area contributed by atoms with Crippen molar-refractivity contribution in [3.63, 3.8) is 0 Å². The average Bonchev–Trinajstić information content (AvgIpc) is 2.93. The van der Waals surface area contributed by atoms with Gasteiger partial charge >= 0.3 is 0 Å². The summed E-state index contributed by atoms with van der Waals surface area (Å²) in [6, 6.07) is 7.58. The van der Waals surface area contributed by atoms with Crippen LogP contribution in [0.3, 0.4) is 0 Å². The molecule has 0 radical (unpaired) electrons. The summed E-state index contributed by atoms with van der Waals surface area (Å²) in [6.07, 6.45) is 3.25. The highest BCUT2D eigenvalue weighted by molar-refractivity contribution is 7.18. The zero-order valence-corrected chi connectivity index (χ0v) is 14.0. The molecule has 0 aliphatic heterocycles. The van der Waals surface area contributed by atoms with Gasteiger partial charge in [-0.25, -0.2) is 4.98 Å². The van der Waals surface area contributed by atoms with Gasteiger partial charge in [-0.15, -0.1) is 11.3 Å². The number of nitrogens with zero attached hydrogens (tertiary/aromatic N) is 1. The second-order valence-electron chi connectivity index (χ2n) is 6.17. The Kier molecular flexibility index (Phi) is 3.45. The van der Waals surface area contributed by atoms with Gasteiger partial charge in [0.2, 0.25) is 0 Å². The van der Waals surface area contributed by atoms with Crippen LogP contribution in [0.5, 0.6) is 5.75 Å². The minimum Gasteiger partial charge on any atom is -0.497 e. The first-order chi connectivity index (χ1) is 11.2. The summed E-state index contributed by atoms with van der Waals surface area (Å²) < 4.78 is 5.17. The zero-order valence-electron chi connectivity index (χ0n) is 13.2. The molecule has 4 nitrogen and oxygen atoms in total. The maximum Gasteiger partial charge on any atom is 0.260 e. The Hall–Kier alpha value is -2.14. The molecule has 2 heterocycles.